The van der Waals surface area contributed by atoms with Crippen molar-refractivity contribution in [1.29, 1.82) is 0 Å². The van der Waals surface area contributed by atoms with Crippen molar-refractivity contribution in [2.75, 3.05) is 26.2 Å². The minimum atomic E-state index is 0.234. The van der Waals surface area contributed by atoms with Crippen LogP contribution >= 0.6 is 0 Å². The summed E-state index contributed by atoms with van der Waals surface area (Å²) in [4.78, 5) is 14.6. The van der Waals surface area contributed by atoms with Crippen LogP contribution < -0.4 is 11.1 Å². The summed E-state index contributed by atoms with van der Waals surface area (Å²) in [5.41, 5.74) is 5.64. The van der Waals surface area contributed by atoms with E-state index in [0.717, 1.165) is 32.0 Å². The van der Waals surface area contributed by atoms with Crippen LogP contribution in [0.2, 0.25) is 0 Å². The first-order chi connectivity index (χ1) is 10.2. The monoisotopic (exact) mass is 295 g/mol. The van der Waals surface area contributed by atoms with Crippen molar-refractivity contribution < 1.29 is 4.79 Å². The molecular weight excluding hydrogens is 262 g/mol. The normalized spacial score (nSPS) is 24.2. The first-order valence-corrected chi connectivity index (χ1v) is 8.93. The predicted octanol–water partition coefficient (Wildman–Crippen LogP) is 2.13. The molecule has 1 heterocycles. The van der Waals surface area contributed by atoms with Crippen LogP contribution in [0.3, 0.4) is 0 Å². The molecule has 4 heteroatoms. The summed E-state index contributed by atoms with van der Waals surface area (Å²) >= 11 is 0. The lowest BCUT2D eigenvalue weighted by Gasteiger charge is -2.16. The summed E-state index contributed by atoms with van der Waals surface area (Å²) < 4.78 is 0. The lowest BCUT2D eigenvalue weighted by molar-refractivity contribution is -0.121. The maximum Gasteiger partial charge on any atom is 0.220 e. The molecule has 0 radical (unpaired) electrons. The number of carbonyl (C=O) groups is 1. The smallest absolute Gasteiger partial charge is 0.220 e. The van der Waals surface area contributed by atoms with Crippen molar-refractivity contribution in [3.63, 3.8) is 0 Å². The molecule has 21 heavy (non-hydrogen) atoms. The molecule has 1 saturated carbocycles. The second kappa shape index (κ2) is 8.74. The molecule has 1 amide bonds. The predicted molar refractivity (Wildman–Crippen MR) is 87.0 cm³/mol. The van der Waals surface area contributed by atoms with Gasteiger partial charge >= 0.3 is 0 Å². The third kappa shape index (κ3) is 5.95. The Hall–Kier alpha value is -0.610. The number of hydrogen-bond donors (Lipinski definition) is 2. The maximum absolute atomic E-state index is 12.0. The van der Waals surface area contributed by atoms with Gasteiger partial charge in [-0.2, -0.15) is 0 Å². The van der Waals surface area contributed by atoms with Crippen LogP contribution in [-0.2, 0) is 4.79 Å². The third-order valence-electron chi connectivity index (χ3n) is 5.02. The maximum atomic E-state index is 12.0. The summed E-state index contributed by atoms with van der Waals surface area (Å²) in [7, 11) is 0. The van der Waals surface area contributed by atoms with Gasteiger partial charge in [0.25, 0.3) is 0 Å². The van der Waals surface area contributed by atoms with Gasteiger partial charge in [-0.05, 0) is 57.0 Å². The molecule has 2 rings (SSSR count). The molecular formula is C17H33N3O. The van der Waals surface area contributed by atoms with E-state index in [2.05, 4.69) is 17.1 Å². The van der Waals surface area contributed by atoms with Crippen LogP contribution in [0, 0.1) is 11.8 Å². The number of amides is 1. The Labute approximate surface area is 129 Å². The van der Waals surface area contributed by atoms with Crippen molar-refractivity contribution >= 4 is 5.91 Å². The molecule has 4 nitrogen and oxygen atoms in total. The molecule has 1 aliphatic heterocycles. The number of nitrogens with zero attached hydrogens (tertiary/aromatic N) is 1. The second-order valence-corrected chi connectivity index (χ2v) is 6.96. The van der Waals surface area contributed by atoms with Crippen LogP contribution in [0.25, 0.3) is 0 Å². The summed E-state index contributed by atoms with van der Waals surface area (Å²) in [5, 5.41) is 3.15. The molecule has 3 N–H and O–H groups in total. The molecule has 2 unspecified atom stereocenters. The van der Waals surface area contributed by atoms with Gasteiger partial charge in [-0.3, -0.25) is 4.79 Å². The van der Waals surface area contributed by atoms with E-state index in [1.165, 1.54) is 45.2 Å². The second-order valence-electron chi connectivity index (χ2n) is 6.96. The Morgan fingerprint density at radius 1 is 1.29 bits per heavy atom. The Morgan fingerprint density at radius 3 is 2.76 bits per heavy atom. The number of carbonyl (C=O) groups excluding carboxylic acids is 1. The minimum absolute atomic E-state index is 0.234. The highest BCUT2D eigenvalue weighted by molar-refractivity contribution is 5.75. The molecule has 2 aliphatic rings. The Bertz CT molecular complexity index is 311. The molecule has 0 aromatic rings. The fourth-order valence-corrected chi connectivity index (χ4v) is 3.56. The Kier molecular flexibility index (Phi) is 6.97. The average molecular weight is 295 g/mol. The molecule has 122 valence electrons. The number of likely N-dealkylation sites (tertiary alicyclic amines) is 1. The third-order valence-corrected chi connectivity index (χ3v) is 5.02. The van der Waals surface area contributed by atoms with Crippen LogP contribution in [0.4, 0.5) is 0 Å². The van der Waals surface area contributed by atoms with Gasteiger partial charge in [0.05, 0.1) is 0 Å². The largest absolute Gasteiger partial charge is 0.356 e. The van der Waals surface area contributed by atoms with Crippen LogP contribution in [0.1, 0.15) is 58.3 Å². The lowest BCUT2D eigenvalue weighted by atomic mass is 9.94. The molecule has 2 fully saturated rings. The van der Waals surface area contributed by atoms with Crippen molar-refractivity contribution in [1.82, 2.24) is 10.2 Å². The molecule has 0 bridgehead atoms. The average Bonchev–Trinajstić information content (AvgIpc) is 3.22. The van der Waals surface area contributed by atoms with E-state index in [1.54, 1.807) is 0 Å². The van der Waals surface area contributed by atoms with Crippen molar-refractivity contribution in [3.8, 4) is 0 Å². The highest BCUT2D eigenvalue weighted by Crippen LogP contribution is 2.31. The Morgan fingerprint density at radius 2 is 2.10 bits per heavy atom. The summed E-state index contributed by atoms with van der Waals surface area (Å²) in [6.07, 6.45) is 9.13. The van der Waals surface area contributed by atoms with Crippen LogP contribution in [0.5, 0.6) is 0 Å². The van der Waals surface area contributed by atoms with Gasteiger partial charge < -0.3 is 16.0 Å². The fraction of sp³-hybridized carbons (Fsp3) is 0.941. The first-order valence-electron chi connectivity index (χ1n) is 8.93. The van der Waals surface area contributed by atoms with E-state index in [0.29, 0.717) is 18.3 Å². The molecule has 1 aliphatic carbocycles. The lowest BCUT2D eigenvalue weighted by Crippen LogP contribution is -2.31. The van der Waals surface area contributed by atoms with Crippen LogP contribution in [-0.4, -0.2) is 43.0 Å². The van der Waals surface area contributed by atoms with E-state index in [9.17, 15) is 4.79 Å². The van der Waals surface area contributed by atoms with E-state index in [4.69, 9.17) is 5.73 Å². The van der Waals surface area contributed by atoms with Gasteiger partial charge in [0.15, 0.2) is 0 Å². The van der Waals surface area contributed by atoms with E-state index in [-0.39, 0.29) is 5.91 Å². The number of nitrogens with two attached hydrogens (primary N) is 1. The van der Waals surface area contributed by atoms with E-state index < -0.39 is 0 Å². The highest BCUT2D eigenvalue weighted by atomic mass is 16.1. The zero-order chi connectivity index (χ0) is 15.1. The molecule has 0 aromatic carbocycles. The summed E-state index contributed by atoms with van der Waals surface area (Å²) in [6.45, 7) is 6.24. The number of rotatable bonds is 10. The minimum Gasteiger partial charge on any atom is -0.356 e. The summed E-state index contributed by atoms with van der Waals surface area (Å²) in [5.74, 6) is 1.53. The van der Waals surface area contributed by atoms with E-state index >= 15 is 0 Å². The molecule has 0 spiro atoms. The zero-order valence-corrected chi connectivity index (χ0v) is 13.7. The van der Waals surface area contributed by atoms with Crippen LogP contribution in [0.15, 0.2) is 0 Å². The van der Waals surface area contributed by atoms with Gasteiger partial charge in [-0.25, -0.2) is 0 Å². The van der Waals surface area contributed by atoms with Gasteiger partial charge in [-0.1, -0.05) is 19.8 Å². The summed E-state index contributed by atoms with van der Waals surface area (Å²) in [6, 6.07) is 0.872. The van der Waals surface area contributed by atoms with Gasteiger partial charge in [0.1, 0.15) is 0 Å². The van der Waals surface area contributed by atoms with Crippen molar-refractivity contribution in [2.45, 2.75) is 64.3 Å². The standard InChI is InChI=1S/C17H33N3O/c1-2-3-14(8-10-18)4-7-17(21)19-12-15-9-11-20(13-15)16-5-6-16/h14-16H,2-13,18H2,1H3,(H,19,21). The van der Waals surface area contributed by atoms with Gasteiger partial charge in [0, 0.05) is 25.6 Å². The van der Waals surface area contributed by atoms with Crippen molar-refractivity contribution in [3.05, 3.63) is 0 Å². The van der Waals surface area contributed by atoms with E-state index in [1.807, 2.05) is 0 Å². The van der Waals surface area contributed by atoms with Crippen molar-refractivity contribution in [2.24, 2.45) is 17.6 Å². The number of nitrogens with one attached hydrogen (secondary N) is 1. The quantitative estimate of drug-likeness (QED) is 0.649. The number of hydrogen-bond acceptors (Lipinski definition) is 3. The fourth-order valence-electron chi connectivity index (χ4n) is 3.56. The molecule has 2 atom stereocenters. The van der Waals surface area contributed by atoms with Gasteiger partial charge in [0.2, 0.25) is 5.91 Å². The zero-order valence-electron chi connectivity index (χ0n) is 13.7. The molecule has 1 saturated heterocycles. The SMILES string of the molecule is CCCC(CCN)CCC(=O)NCC1CCN(C2CC2)C1. The highest BCUT2D eigenvalue weighted by Gasteiger charge is 2.34. The topological polar surface area (TPSA) is 58.4 Å². The van der Waals surface area contributed by atoms with Gasteiger partial charge in [-0.15, -0.1) is 0 Å². The Balaban J connectivity index is 1.56. The molecule has 0 aromatic heterocycles. The first kappa shape index (κ1) is 16.8.